The molecular weight excluding hydrogens is 416 g/mol. The van der Waals surface area contributed by atoms with Crippen molar-refractivity contribution in [1.29, 1.82) is 0 Å². The Bertz CT molecular complexity index is 1050. The lowest BCUT2D eigenvalue weighted by atomic mass is 10.2. The molecule has 0 bridgehead atoms. The quantitative estimate of drug-likeness (QED) is 0.580. The van der Waals surface area contributed by atoms with E-state index in [1.165, 1.54) is 30.3 Å². The highest BCUT2D eigenvalue weighted by molar-refractivity contribution is 7.99. The average molecular weight is 439 g/mol. The molecule has 0 aliphatic carbocycles. The maximum atomic E-state index is 12.3. The van der Waals surface area contributed by atoms with Crippen molar-refractivity contribution >= 4 is 29.0 Å². The Kier molecular flexibility index (Phi) is 5.66. The lowest BCUT2D eigenvalue weighted by molar-refractivity contribution is -0.113. The number of ether oxygens (including phenoxy) is 2. The van der Waals surface area contributed by atoms with E-state index >= 15 is 0 Å². The van der Waals surface area contributed by atoms with Crippen molar-refractivity contribution in [1.82, 2.24) is 10.2 Å². The Morgan fingerprint density at radius 3 is 2.65 bits per heavy atom. The SMILES string of the molecule is O=C(CSc1nnc([C@@H]2COc3ccccc3O2)o1)Nc1ccc(N2CCCC2)cc1. The summed E-state index contributed by atoms with van der Waals surface area (Å²) in [7, 11) is 0. The monoisotopic (exact) mass is 438 g/mol. The summed E-state index contributed by atoms with van der Waals surface area (Å²) in [6.07, 6.45) is 2.00. The summed E-state index contributed by atoms with van der Waals surface area (Å²) < 4.78 is 17.2. The fraction of sp³-hybridized carbons (Fsp3) is 0.318. The molecule has 9 heteroatoms. The summed E-state index contributed by atoms with van der Waals surface area (Å²) in [6, 6.07) is 15.4. The van der Waals surface area contributed by atoms with Crippen LogP contribution in [0.4, 0.5) is 11.4 Å². The van der Waals surface area contributed by atoms with Crippen molar-refractivity contribution in [2.24, 2.45) is 0 Å². The zero-order chi connectivity index (χ0) is 21.0. The van der Waals surface area contributed by atoms with E-state index in [2.05, 4.69) is 20.4 Å². The molecule has 1 amide bonds. The van der Waals surface area contributed by atoms with E-state index in [0.717, 1.165) is 18.8 Å². The number of amides is 1. The lowest BCUT2D eigenvalue weighted by Crippen LogP contribution is -2.21. The maximum Gasteiger partial charge on any atom is 0.277 e. The van der Waals surface area contributed by atoms with Gasteiger partial charge in [0, 0.05) is 24.5 Å². The summed E-state index contributed by atoms with van der Waals surface area (Å²) in [4.78, 5) is 14.7. The number of rotatable bonds is 6. The lowest BCUT2D eigenvalue weighted by Gasteiger charge is -2.23. The Balaban J connectivity index is 1.12. The van der Waals surface area contributed by atoms with Gasteiger partial charge in [-0.25, -0.2) is 0 Å². The number of hydrogen-bond acceptors (Lipinski definition) is 8. The molecule has 0 spiro atoms. The molecule has 1 saturated heterocycles. The molecule has 8 nitrogen and oxygen atoms in total. The Labute approximate surface area is 183 Å². The van der Waals surface area contributed by atoms with Crippen LogP contribution in [0.15, 0.2) is 58.2 Å². The van der Waals surface area contributed by atoms with Crippen molar-refractivity contribution in [2.75, 3.05) is 35.7 Å². The highest BCUT2D eigenvalue weighted by atomic mass is 32.2. The summed E-state index contributed by atoms with van der Waals surface area (Å²) >= 11 is 1.18. The second-order valence-electron chi connectivity index (χ2n) is 7.35. The first kappa shape index (κ1) is 19.7. The van der Waals surface area contributed by atoms with Crippen molar-refractivity contribution < 1.29 is 18.7 Å². The minimum Gasteiger partial charge on any atom is -0.485 e. The van der Waals surface area contributed by atoms with Crippen molar-refractivity contribution in [3.63, 3.8) is 0 Å². The molecule has 5 rings (SSSR count). The molecule has 1 N–H and O–H groups in total. The highest BCUT2D eigenvalue weighted by Gasteiger charge is 2.27. The number of carbonyl (C=O) groups excluding carboxylic acids is 1. The highest BCUT2D eigenvalue weighted by Crippen LogP contribution is 2.36. The number of fused-ring (bicyclic) bond motifs is 1. The average Bonchev–Trinajstić information content (AvgIpc) is 3.50. The number of carbonyl (C=O) groups is 1. The number of benzene rings is 2. The summed E-state index contributed by atoms with van der Waals surface area (Å²) in [5.41, 5.74) is 1.96. The first-order chi connectivity index (χ1) is 15.2. The zero-order valence-electron chi connectivity index (χ0n) is 16.8. The number of nitrogens with zero attached hydrogens (tertiary/aromatic N) is 3. The summed E-state index contributed by atoms with van der Waals surface area (Å²) in [5.74, 6) is 1.69. The smallest absolute Gasteiger partial charge is 0.277 e. The second kappa shape index (κ2) is 8.89. The van der Waals surface area contributed by atoms with E-state index < -0.39 is 6.10 Å². The van der Waals surface area contributed by atoms with Gasteiger partial charge in [0.15, 0.2) is 11.5 Å². The topological polar surface area (TPSA) is 89.7 Å². The number of hydrogen-bond donors (Lipinski definition) is 1. The van der Waals surface area contributed by atoms with Crippen LogP contribution in [0.25, 0.3) is 0 Å². The van der Waals surface area contributed by atoms with Gasteiger partial charge in [-0.2, -0.15) is 0 Å². The molecule has 1 atom stereocenters. The Hall–Kier alpha value is -3.20. The van der Waals surface area contributed by atoms with Gasteiger partial charge >= 0.3 is 0 Å². The molecule has 1 fully saturated rings. The van der Waals surface area contributed by atoms with Crippen LogP contribution in [0, 0.1) is 0 Å². The molecule has 2 aromatic carbocycles. The zero-order valence-corrected chi connectivity index (χ0v) is 17.6. The molecule has 3 heterocycles. The first-order valence-electron chi connectivity index (χ1n) is 10.2. The van der Waals surface area contributed by atoms with Crippen molar-refractivity contribution in [2.45, 2.75) is 24.2 Å². The number of aromatic nitrogens is 2. The minimum absolute atomic E-state index is 0.134. The number of anilines is 2. The molecule has 2 aliphatic rings. The van der Waals surface area contributed by atoms with Gasteiger partial charge in [0.2, 0.25) is 12.0 Å². The molecule has 2 aliphatic heterocycles. The second-order valence-corrected chi connectivity index (χ2v) is 8.27. The molecular formula is C22H22N4O4S. The summed E-state index contributed by atoms with van der Waals surface area (Å²) in [5, 5.41) is 11.3. The van der Waals surface area contributed by atoms with E-state index in [1.54, 1.807) is 0 Å². The third kappa shape index (κ3) is 4.61. The first-order valence-corrected chi connectivity index (χ1v) is 11.2. The summed E-state index contributed by atoms with van der Waals surface area (Å²) in [6.45, 7) is 2.48. The van der Waals surface area contributed by atoms with Gasteiger partial charge < -0.3 is 24.1 Å². The largest absolute Gasteiger partial charge is 0.485 e. The molecule has 31 heavy (non-hydrogen) atoms. The number of nitrogens with one attached hydrogen (secondary N) is 1. The predicted molar refractivity (Wildman–Crippen MR) is 117 cm³/mol. The maximum absolute atomic E-state index is 12.3. The predicted octanol–water partition coefficient (Wildman–Crippen LogP) is 3.91. The van der Waals surface area contributed by atoms with E-state index in [9.17, 15) is 4.79 Å². The molecule has 160 valence electrons. The standard InChI is InChI=1S/C22H22N4O4S/c27-20(23-15-7-9-16(10-8-15)26-11-3-4-12-26)14-31-22-25-24-21(30-22)19-13-28-17-5-1-2-6-18(17)29-19/h1-2,5-10,19H,3-4,11-14H2,(H,23,27)/t19-/m0/s1. The molecule has 0 radical (unpaired) electrons. The Morgan fingerprint density at radius 1 is 1.06 bits per heavy atom. The van der Waals surface area contributed by atoms with Crippen LogP contribution in [0.3, 0.4) is 0 Å². The van der Waals surface area contributed by atoms with Crippen LogP contribution < -0.4 is 19.7 Å². The molecule has 3 aromatic rings. The van der Waals surface area contributed by atoms with Crippen LogP contribution in [0.1, 0.15) is 24.8 Å². The van der Waals surface area contributed by atoms with Gasteiger partial charge in [0.25, 0.3) is 11.1 Å². The van der Waals surface area contributed by atoms with Gasteiger partial charge in [-0.1, -0.05) is 23.9 Å². The van der Waals surface area contributed by atoms with Gasteiger partial charge in [-0.3, -0.25) is 4.79 Å². The van der Waals surface area contributed by atoms with Crippen LogP contribution in [-0.4, -0.2) is 41.6 Å². The van der Waals surface area contributed by atoms with E-state index in [0.29, 0.717) is 22.6 Å². The fourth-order valence-electron chi connectivity index (χ4n) is 3.61. The van der Waals surface area contributed by atoms with Gasteiger partial charge in [-0.05, 0) is 49.2 Å². The molecule has 0 saturated carbocycles. The van der Waals surface area contributed by atoms with Crippen LogP contribution in [0.5, 0.6) is 11.5 Å². The third-order valence-electron chi connectivity index (χ3n) is 5.16. The van der Waals surface area contributed by atoms with Crippen molar-refractivity contribution in [3.05, 3.63) is 54.4 Å². The van der Waals surface area contributed by atoms with E-state index in [1.807, 2.05) is 48.5 Å². The van der Waals surface area contributed by atoms with Crippen LogP contribution in [-0.2, 0) is 4.79 Å². The minimum atomic E-state index is -0.473. The van der Waals surface area contributed by atoms with Crippen molar-refractivity contribution in [3.8, 4) is 11.5 Å². The fourth-order valence-corrected chi connectivity index (χ4v) is 4.17. The number of thioether (sulfide) groups is 1. The van der Waals surface area contributed by atoms with Gasteiger partial charge in [0.05, 0.1) is 5.75 Å². The van der Waals surface area contributed by atoms with E-state index in [4.69, 9.17) is 13.9 Å². The Morgan fingerprint density at radius 2 is 1.84 bits per heavy atom. The van der Waals surface area contributed by atoms with Gasteiger partial charge in [0.1, 0.15) is 6.61 Å². The van der Waals surface area contributed by atoms with Gasteiger partial charge in [-0.15, -0.1) is 10.2 Å². The molecule has 0 unspecified atom stereocenters. The normalized spacial score (nSPS) is 17.5. The van der Waals surface area contributed by atoms with E-state index in [-0.39, 0.29) is 18.3 Å². The third-order valence-corrected chi connectivity index (χ3v) is 5.97. The van der Waals surface area contributed by atoms with Crippen LogP contribution in [0.2, 0.25) is 0 Å². The molecule has 1 aromatic heterocycles. The number of para-hydroxylation sites is 2. The van der Waals surface area contributed by atoms with Crippen LogP contribution >= 0.6 is 11.8 Å².